The molecule has 158 valence electrons. The van der Waals surface area contributed by atoms with E-state index in [1.54, 1.807) is 0 Å². The molecule has 0 aliphatic heterocycles. The average molecular weight is 399 g/mol. The Kier molecular flexibility index (Phi) is 6.86. The molecule has 0 saturated carbocycles. The van der Waals surface area contributed by atoms with Crippen LogP contribution in [-0.2, 0) is 17.3 Å². The van der Waals surface area contributed by atoms with Gasteiger partial charge in [0.05, 0.1) is 0 Å². The molecule has 0 N–H and O–H groups in total. The minimum atomic E-state index is -0.00548. The maximum absolute atomic E-state index is 2.33. The Labute approximate surface area is 184 Å². The van der Waals surface area contributed by atoms with Crippen molar-refractivity contribution in [2.24, 2.45) is 0 Å². The smallest absolute Gasteiger partial charge is 0.0146 e. The molecular weight excluding hydrogens is 360 g/mol. The first-order valence-corrected chi connectivity index (χ1v) is 11.5. The van der Waals surface area contributed by atoms with Crippen LogP contribution in [0.15, 0.2) is 72.8 Å². The van der Waals surface area contributed by atoms with Gasteiger partial charge in [-0.2, -0.15) is 0 Å². The summed E-state index contributed by atoms with van der Waals surface area (Å²) in [4.78, 5) is 0. The zero-order chi connectivity index (χ0) is 21.8. The largest absolute Gasteiger partial charge is 0.0654 e. The van der Waals surface area contributed by atoms with Crippen molar-refractivity contribution in [1.82, 2.24) is 0 Å². The third-order valence-electron chi connectivity index (χ3n) is 6.85. The quantitative estimate of drug-likeness (QED) is 0.334. The third-order valence-corrected chi connectivity index (χ3v) is 6.85. The molecule has 0 amide bonds. The zero-order valence-electron chi connectivity index (χ0n) is 19.8. The molecule has 0 heteroatoms. The molecule has 3 aromatic carbocycles. The van der Waals surface area contributed by atoms with Crippen molar-refractivity contribution in [2.75, 3.05) is 0 Å². The highest BCUT2D eigenvalue weighted by molar-refractivity contribution is 5.44. The summed E-state index contributed by atoms with van der Waals surface area (Å²) >= 11 is 0. The van der Waals surface area contributed by atoms with Crippen LogP contribution in [0.2, 0.25) is 0 Å². The number of rotatable bonds is 8. The van der Waals surface area contributed by atoms with E-state index in [-0.39, 0.29) is 10.8 Å². The Morgan fingerprint density at radius 2 is 0.900 bits per heavy atom. The van der Waals surface area contributed by atoms with Crippen molar-refractivity contribution in [3.05, 3.63) is 106 Å². The predicted octanol–water partition coefficient (Wildman–Crippen LogP) is 8.38. The number of unbranched alkanes of at least 4 members (excludes halogenated alkanes) is 2. The van der Waals surface area contributed by atoms with Crippen molar-refractivity contribution in [1.29, 1.82) is 0 Å². The van der Waals surface area contributed by atoms with Gasteiger partial charge in [-0.1, -0.05) is 126 Å². The highest BCUT2D eigenvalue weighted by Crippen LogP contribution is 2.35. The van der Waals surface area contributed by atoms with Gasteiger partial charge in [-0.05, 0) is 47.6 Å². The molecule has 3 aromatic rings. The SMILES string of the molecule is CCCCCc1ccc(C(C)(C)c2ccc(C(C)(C)c3ccc(C)cc3)cc2)cc1. The number of hydrogen-bond donors (Lipinski definition) is 0. The molecule has 0 radical (unpaired) electrons. The third kappa shape index (κ3) is 4.86. The van der Waals surface area contributed by atoms with Crippen molar-refractivity contribution >= 4 is 0 Å². The van der Waals surface area contributed by atoms with Gasteiger partial charge in [-0.3, -0.25) is 0 Å². The van der Waals surface area contributed by atoms with Crippen LogP contribution in [0.3, 0.4) is 0 Å². The minimum Gasteiger partial charge on any atom is -0.0654 e. The molecule has 0 unspecified atom stereocenters. The first-order chi connectivity index (χ1) is 14.2. The van der Waals surface area contributed by atoms with Gasteiger partial charge >= 0.3 is 0 Å². The normalized spacial score (nSPS) is 12.2. The lowest BCUT2D eigenvalue weighted by Crippen LogP contribution is -2.21. The van der Waals surface area contributed by atoms with Crippen molar-refractivity contribution in [3.8, 4) is 0 Å². The van der Waals surface area contributed by atoms with Crippen molar-refractivity contribution in [2.45, 2.75) is 78.1 Å². The minimum absolute atomic E-state index is 0.00346. The van der Waals surface area contributed by atoms with Crippen LogP contribution in [0, 0.1) is 6.92 Å². The highest BCUT2D eigenvalue weighted by atomic mass is 14.3. The molecule has 0 fully saturated rings. The molecule has 0 bridgehead atoms. The molecule has 0 aromatic heterocycles. The second-order valence-electron chi connectivity index (χ2n) is 9.85. The summed E-state index contributed by atoms with van der Waals surface area (Å²) in [7, 11) is 0. The molecule has 0 nitrogen and oxygen atoms in total. The van der Waals surface area contributed by atoms with E-state index in [9.17, 15) is 0 Å². The topological polar surface area (TPSA) is 0 Å². The van der Waals surface area contributed by atoms with Crippen molar-refractivity contribution < 1.29 is 0 Å². The van der Waals surface area contributed by atoms with E-state index in [1.165, 1.54) is 59.1 Å². The first kappa shape index (κ1) is 22.3. The summed E-state index contributed by atoms with van der Waals surface area (Å²) in [6, 6.07) is 27.5. The summed E-state index contributed by atoms with van der Waals surface area (Å²) in [5.74, 6) is 0. The van der Waals surface area contributed by atoms with Gasteiger partial charge in [0.2, 0.25) is 0 Å². The van der Waals surface area contributed by atoms with Gasteiger partial charge in [-0.25, -0.2) is 0 Å². The van der Waals surface area contributed by atoms with E-state index in [4.69, 9.17) is 0 Å². The van der Waals surface area contributed by atoms with Crippen LogP contribution >= 0.6 is 0 Å². The van der Waals surface area contributed by atoms with Crippen LogP contribution < -0.4 is 0 Å². The number of aryl methyl sites for hydroxylation is 2. The van der Waals surface area contributed by atoms with E-state index in [0.717, 1.165) is 0 Å². The second kappa shape index (κ2) is 9.21. The molecular formula is C30H38. The van der Waals surface area contributed by atoms with Crippen LogP contribution in [0.25, 0.3) is 0 Å². The molecule has 0 heterocycles. The maximum Gasteiger partial charge on any atom is 0.0146 e. The summed E-state index contributed by atoms with van der Waals surface area (Å²) < 4.78 is 0. The maximum atomic E-state index is 2.33. The molecule has 0 atom stereocenters. The zero-order valence-corrected chi connectivity index (χ0v) is 19.8. The molecule has 30 heavy (non-hydrogen) atoms. The van der Waals surface area contributed by atoms with E-state index in [0.29, 0.717) is 0 Å². The standard InChI is InChI=1S/C30H38/c1-7-8-9-10-24-13-17-26(18-14-24)30(5,6)28-21-19-27(20-22-28)29(3,4)25-15-11-23(2)12-16-25/h11-22H,7-10H2,1-6H3. The monoisotopic (exact) mass is 398 g/mol. The van der Waals surface area contributed by atoms with Gasteiger partial charge in [0, 0.05) is 10.8 Å². The predicted molar refractivity (Wildman–Crippen MR) is 132 cm³/mol. The Hall–Kier alpha value is -2.34. The van der Waals surface area contributed by atoms with Gasteiger partial charge in [-0.15, -0.1) is 0 Å². The number of benzene rings is 3. The van der Waals surface area contributed by atoms with Gasteiger partial charge in [0.25, 0.3) is 0 Å². The Morgan fingerprint density at radius 1 is 0.533 bits per heavy atom. The molecule has 3 rings (SSSR count). The number of hydrogen-bond acceptors (Lipinski definition) is 0. The lowest BCUT2D eigenvalue weighted by molar-refractivity contribution is 0.626. The molecule has 0 aliphatic rings. The lowest BCUT2D eigenvalue weighted by atomic mass is 9.74. The van der Waals surface area contributed by atoms with Crippen molar-refractivity contribution in [3.63, 3.8) is 0 Å². The van der Waals surface area contributed by atoms with E-state index < -0.39 is 0 Å². The van der Waals surface area contributed by atoms with Crippen LogP contribution in [0.1, 0.15) is 87.3 Å². The fourth-order valence-corrected chi connectivity index (χ4v) is 4.27. The molecule has 0 spiro atoms. The lowest BCUT2D eigenvalue weighted by Gasteiger charge is -2.29. The summed E-state index contributed by atoms with van der Waals surface area (Å²) in [6.07, 6.45) is 5.08. The second-order valence-corrected chi connectivity index (χ2v) is 9.85. The van der Waals surface area contributed by atoms with Crippen LogP contribution in [0.5, 0.6) is 0 Å². The molecule has 0 saturated heterocycles. The summed E-state index contributed by atoms with van der Waals surface area (Å²) in [6.45, 7) is 13.7. The van der Waals surface area contributed by atoms with E-state index in [2.05, 4.69) is 114 Å². The van der Waals surface area contributed by atoms with Gasteiger partial charge in [0.15, 0.2) is 0 Å². The summed E-state index contributed by atoms with van der Waals surface area (Å²) in [5, 5.41) is 0. The summed E-state index contributed by atoms with van der Waals surface area (Å²) in [5.41, 5.74) is 8.22. The molecule has 0 aliphatic carbocycles. The Balaban J connectivity index is 1.79. The van der Waals surface area contributed by atoms with Crippen LogP contribution in [-0.4, -0.2) is 0 Å². The fraction of sp³-hybridized carbons (Fsp3) is 0.400. The Morgan fingerprint density at radius 3 is 1.30 bits per heavy atom. The van der Waals surface area contributed by atoms with Gasteiger partial charge in [0.1, 0.15) is 0 Å². The average Bonchev–Trinajstić information content (AvgIpc) is 2.75. The van der Waals surface area contributed by atoms with Crippen LogP contribution in [0.4, 0.5) is 0 Å². The first-order valence-electron chi connectivity index (χ1n) is 11.5. The highest BCUT2D eigenvalue weighted by Gasteiger charge is 2.26. The Bertz CT molecular complexity index is 923. The van der Waals surface area contributed by atoms with Gasteiger partial charge < -0.3 is 0 Å². The van der Waals surface area contributed by atoms with E-state index in [1.807, 2.05) is 0 Å². The van der Waals surface area contributed by atoms with E-state index >= 15 is 0 Å². The fourth-order valence-electron chi connectivity index (χ4n) is 4.27.